The van der Waals surface area contributed by atoms with Gasteiger partial charge in [-0.1, -0.05) is 13.3 Å². The van der Waals surface area contributed by atoms with Gasteiger partial charge < -0.3 is 5.32 Å². The fourth-order valence-electron chi connectivity index (χ4n) is 2.87. The molecule has 1 aliphatic rings. The van der Waals surface area contributed by atoms with Crippen molar-refractivity contribution in [3.05, 3.63) is 23.5 Å². The van der Waals surface area contributed by atoms with Gasteiger partial charge in [0.15, 0.2) is 5.82 Å². The molecule has 5 nitrogen and oxygen atoms in total. The van der Waals surface area contributed by atoms with E-state index in [1.165, 1.54) is 30.5 Å². The summed E-state index contributed by atoms with van der Waals surface area (Å²) in [7, 11) is 1.93. The van der Waals surface area contributed by atoms with E-state index in [1.807, 2.05) is 17.8 Å². The quantitative estimate of drug-likeness (QED) is 0.877. The number of nitrogens with zero attached hydrogens (tertiary/aromatic N) is 4. The fourth-order valence-corrected chi connectivity index (χ4v) is 2.87. The predicted octanol–water partition coefficient (Wildman–Crippen LogP) is 2.97. The van der Waals surface area contributed by atoms with Gasteiger partial charge in [-0.25, -0.2) is 9.97 Å². The Labute approximate surface area is 125 Å². The van der Waals surface area contributed by atoms with Crippen LogP contribution in [0.5, 0.6) is 0 Å². The first-order valence-corrected chi connectivity index (χ1v) is 7.91. The van der Waals surface area contributed by atoms with Crippen LogP contribution < -0.4 is 5.32 Å². The van der Waals surface area contributed by atoms with E-state index in [1.54, 1.807) is 6.20 Å². The van der Waals surface area contributed by atoms with Crippen molar-refractivity contribution in [1.82, 2.24) is 19.7 Å². The molecule has 0 aromatic carbocycles. The normalized spacial score (nSPS) is 14.6. The Balaban J connectivity index is 2.06. The lowest BCUT2D eigenvalue weighted by Crippen LogP contribution is -2.11. The molecular formula is C16H23N5. The summed E-state index contributed by atoms with van der Waals surface area (Å²) >= 11 is 0. The molecule has 0 spiro atoms. The first-order valence-electron chi connectivity index (χ1n) is 7.91. The molecule has 0 amide bonds. The lowest BCUT2D eigenvalue weighted by molar-refractivity contribution is 0.708. The van der Waals surface area contributed by atoms with E-state index in [9.17, 15) is 0 Å². The second-order valence-electron chi connectivity index (χ2n) is 5.65. The van der Waals surface area contributed by atoms with Crippen LogP contribution in [0.15, 0.2) is 12.3 Å². The molecule has 1 N–H and O–H groups in total. The van der Waals surface area contributed by atoms with Gasteiger partial charge in [-0.3, -0.25) is 4.68 Å². The Morgan fingerprint density at radius 1 is 1.19 bits per heavy atom. The predicted molar refractivity (Wildman–Crippen MR) is 84.3 cm³/mol. The van der Waals surface area contributed by atoms with Crippen LogP contribution in [-0.2, 0) is 19.9 Å². The molecule has 3 rings (SSSR count). The number of hydrogen-bond acceptors (Lipinski definition) is 4. The van der Waals surface area contributed by atoms with Crippen molar-refractivity contribution in [1.29, 1.82) is 0 Å². The topological polar surface area (TPSA) is 55.6 Å². The van der Waals surface area contributed by atoms with Gasteiger partial charge in [-0.2, -0.15) is 5.10 Å². The molecule has 2 aromatic heterocycles. The molecule has 0 aliphatic heterocycles. The molecule has 0 unspecified atom stereocenters. The van der Waals surface area contributed by atoms with Gasteiger partial charge in [0, 0.05) is 31.0 Å². The van der Waals surface area contributed by atoms with Crippen molar-refractivity contribution in [3.63, 3.8) is 0 Å². The van der Waals surface area contributed by atoms with Crippen LogP contribution in [-0.4, -0.2) is 26.3 Å². The molecule has 0 atom stereocenters. The van der Waals surface area contributed by atoms with Crippen LogP contribution in [0.25, 0.3) is 11.5 Å². The zero-order valence-corrected chi connectivity index (χ0v) is 12.9. The van der Waals surface area contributed by atoms with E-state index in [4.69, 9.17) is 9.97 Å². The van der Waals surface area contributed by atoms with Crippen LogP contribution in [0.3, 0.4) is 0 Å². The van der Waals surface area contributed by atoms with Crippen LogP contribution >= 0.6 is 0 Å². The minimum atomic E-state index is 0.786. The number of aromatic nitrogens is 4. The summed E-state index contributed by atoms with van der Waals surface area (Å²) in [4.78, 5) is 9.62. The molecule has 5 heteroatoms. The number of hydrogen-bond donors (Lipinski definition) is 1. The number of nitrogens with one attached hydrogen (secondary N) is 1. The van der Waals surface area contributed by atoms with E-state index in [0.717, 1.165) is 43.1 Å². The van der Waals surface area contributed by atoms with Gasteiger partial charge >= 0.3 is 0 Å². The Morgan fingerprint density at radius 3 is 2.81 bits per heavy atom. The Hall–Kier alpha value is -1.91. The molecule has 112 valence electrons. The SMILES string of the molecule is CCCNc1nc(-c2ccnn2C)nc2c1CCCCC2. The molecule has 2 aromatic rings. The number of aryl methyl sites for hydroxylation is 2. The Kier molecular flexibility index (Phi) is 4.18. The molecule has 21 heavy (non-hydrogen) atoms. The summed E-state index contributed by atoms with van der Waals surface area (Å²) in [5.74, 6) is 1.81. The molecule has 0 radical (unpaired) electrons. The highest BCUT2D eigenvalue weighted by Crippen LogP contribution is 2.27. The monoisotopic (exact) mass is 285 g/mol. The van der Waals surface area contributed by atoms with Crippen molar-refractivity contribution in [2.45, 2.75) is 45.4 Å². The Morgan fingerprint density at radius 2 is 2.05 bits per heavy atom. The smallest absolute Gasteiger partial charge is 0.180 e. The van der Waals surface area contributed by atoms with E-state index in [2.05, 4.69) is 17.3 Å². The maximum atomic E-state index is 4.83. The van der Waals surface area contributed by atoms with Gasteiger partial charge in [-0.15, -0.1) is 0 Å². The average Bonchev–Trinajstić information content (AvgIpc) is 2.78. The minimum Gasteiger partial charge on any atom is -0.370 e. The van der Waals surface area contributed by atoms with Crippen LogP contribution in [0, 0.1) is 0 Å². The standard InChI is InChI=1S/C16H23N5/c1-3-10-17-15-12-7-5-4-6-8-13(12)19-16(20-15)14-9-11-18-21(14)2/h9,11H,3-8,10H2,1-2H3,(H,17,19,20). The van der Waals surface area contributed by atoms with Crippen molar-refractivity contribution in [2.24, 2.45) is 7.05 Å². The van der Waals surface area contributed by atoms with E-state index in [-0.39, 0.29) is 0 Å². The summed E-state index contributed by atoms with van der Waals surface area (Å²) < 4.78 is 1.84. The van der Waals surface area contributed by atoms with Crippen molar-refractivity contribution in [2.75, 3.05) is 11.9 Å². The minimum absolute atomic E-state index is 0.786. The van der Waals surface area contributed by atoms with Crippen molar-refractivity contribution >= 4 is 5.82 Å². The van der Waals surface area contributed by atoms with E-state index >= 15 is 0 Å². The third-order valence-electron chi connectivity index (χ3n) is 4.03. The summed E-state index contributed by atoms with van der Waals surface area (Å²) in [5, 5.41) is 7.72. The molecular weight excluding hydrogens is 262 g/mol. The number of anilines is 1. The highest BCUT2D eigenvalue weighted by atomic mass is 15.3. The molecule has 0 fully saturated rings. The van der Waals surface area contributed by atoms with Crippen LogP contribution in [0.4, 0.5) is 5.82 Å². The van der Waals surface area contributed by atoms with E-state index < -0.39 is 0 Å². The summed E-state index contributed by atoms with van der Waals surface area (Å²) in [6.07, 6.45) is 8.79. The van der Waals surface area contributed by atoms with Gasteiger partial charge in [-0.05, 0) is 38.2 Å². The van der Waals surface area contributed by atoms with Crippen LogP contribution in [0.2, 0.25) is 0 Å². The summed E-state index contributed by atoms with van der Waals surface area (Å²) in [6, 6.07) is 1.97. The van der Waals surface area contributed by atoms with Crippen molar-refractivity contribution < 1.29 is 0 Å². The third kappa shape index (κ3) is 2.91. The largest absolute Gasteiger partial charge is 0.370 e. The fraction of sp³-hybridized carbons (Fsp3) is 0.562. The number of rotatable bonds is 4. The van der Waals surface area contributed by atoms with Crippen molar-refractivity contribution in [3.8, 4) is 11.5 Å². The lowest BCUT2D eigenvalue weighted by atomic mass is 10.1. The lowest BCUT2D eigenvalue weighted by Gasteiger charge is -2.14. The summed E-state index contributed by atoms with van der Waals surface area (Å²) in [5.41, 5.74) is 3.52. The molecule has 0 bridgehead atoms. The first-order chi connectivity index (χ1) is 10.3. The maximum absolute atomic E-state index is 4.83. The second kappa shape index (κ2) is 6.24. The Bertz CT molecular complexity index is 617. The van der Waals surface area contributed by atoms with Crippen LogP contribution in [0.1, 0.15) is 43.9 Å². The van der Waals surface area contributed by atoms with Gasteiger partial charge in [0.1, 0.15) is 11.5 Å². The molecule has 0 saturated carbocycles. The highest BCUT2D eigenvalue weighted by molar-refractivity contribution is 5.57. The van der Waals surface area contributed by atoms with Gasteiger partial charge in [0.2, 0.25) is 0 Å². The first kappa shape index (κ1) is 14.0. The second-order valence-corrected chi connectivity index (χ2v) is 5.65. The van der Waals surface area contributed by atoms with Gasteiger partial charge in [0.25, 0.3) is 0 Å². The molecule has 1 aliphatic carbocycles. The zero-order chi connectivity index (χ0) is 14.7. The third-order valence-corrected chi connectivity index (χ3v) is 4.03. The highest BCUT2D eigenvalue weighted by Gasteiger charge is 2.18. The summed E-state index contributed by atoms with van der Waals surface area (Å²) in [6.45, 7) is 3.13. The zero-order valence-electron chi connectivity index (χ0n) is 12.9. The average molecular weight is 285 g/mol. The van der Waals surface area contributed by atoms with Gasteiger partial charge in [0.05, 0.1) is 0 Å². The molecule has 2 heterocycles. The van der Waals surface area contributed by atoms with E-state index in [0.29, 0.717) is 0 Å². The molecule has 0 saturated heterocycles. The number of fused-ring (bicyclic) bond motifs is 1. The maximum Gasteiger partial charge on any atom is 0.180 e.